The van der Waals surface area contributed by atoms with Gasteiger partial charge >= 0.3 is 0 Å². The maximum atomic E-state index is 11.2. The van der Waals surface area contributed by atoms with Crippen molar-refractivity contribution in [2.45, 2.75) is 20.8 Å². The lowest BCUT2D eigenvalue weighted by Crippen LogP contribution is -1.90. The van der Waals surface area contributed by atoms with Gasteiger partial charge in [0.1, 0.15) is 0 Å². The van der Waals surface area contributed by atoms with Crippen LogP contribution in [0, 0.1) is 13.8 Å². The number of carbonyl (C=O) groups is 1. The summed E-state index contributed by atoms with van der Waals surface area (Å²) in [5, 5.41) is 1.15. The van der Waals surface area contributed by atoms with Gasteiger partial charge in [-0.15, -0.1) is 0 Å². The quantitative estimate of drug-likeness (QED) is 0.684. The molecule has 0 fully saturated rings. The van der Waals surface area contributed by atoms with E-state index >= 15 is 0 Å². The fourth-order valence-corrected chi connectivity index (χ4v) is 1.69. The minimum atomic E-state index is 0.0833. The van der Waals surface area contributed by atoms with E-state index in [4.69, 9.17) is 0 Å². The standard InChI is InChI=1S/C12H13NO/c1-7-4-5-8(2)12-10(7)6-11(13-12)9(3)14/h4-6,13H,1-3H3. The highest BCUT2D eigenvalue weighted by Gasteiger charge is 2.07. The van der Waals surface area contributed by atoms with Crippen molar-refractivity contribution in [2.75, 3.05) is 0 Å². The van der Waals surface area contributed by atoms with Crippen LogP contribution in [0.1, 0.15) is 28.5 Å². The Morgan fingerprint density at radius 3 is 2.43 bits per heavy atom. The molecule has 0 atom stereocenters. The fourth-order valence-electron chi connectivity index (χ4n) is 1.69. The Kier molecular flexibility index (Phi) is 1.92. The van der Waals surface area contributed by atoms with Gasteiger partial charge in [0.2, 0.25) is 0 Å². The van der Waals surface area contributed by atoms with Crippen LogP contribution in [-0.4, -0.2) is 10.8 Å². The Bertz CT molecular complexity index is 469. The molecule has 14 heavy (non-hydrogen) atoms. The van der Waals surface area contributed by atoms with E-state index in [1.165, 1.54) is 11.1 Å². The van der Waals surface area contributed by atoms with Crippen LogP contribution in [0.4, 0.5) is 0 Å². The molecule has 2 heteroatoms. The van der Waals surface area contributed by atoms with E-state index < -0.39 is 0 Å². The Hall–Kier alpha value is -1.57. The van der Waals surface area contributed by atoms with Crippen LogP contribution in [0.15, 0.2) is 18.2 Å². The van der Waals surface area contributed by atoms with Crippen LogP contribution in [0.5, 0.6) is 0 Å². The molecule has 0 aliphatic carbocycles. The number of fused-ring (bicyclic) bond motifs is 1. The number of carbonyl (C=O) groups excluding carboxylic acids is 1. The third kappa shape index (κ3) is 1.23. The molecule has 0 saturated carbocycles. The summed E-state index contributed by atoms with van der Waals surface area (Å²) in [6.07, 6.45) is 0. The van der Waals surface area contributed by atoms with E-state index in [9.17, 15) is 4.79 Å². The molecule has 0 amide bonds. The zero-order valence-electron chi connectivity index (χ0n) is 8.64. The van der Waals surface area contributed by atoms with Gasteiger partial charge in [-0.25, -0.2) is 0 Å². The smallest absolute Gasteiger partial charge is 0.175 e. The zero-order chi connectivity index (χ0) is 10.3. The first kappa shape index (κ1) is 9.00. The number of aromatic nitrogens is 1. The predicted molar refractivity (Wildman–Crippen MR) is 57.8 cm³/mol. The first-order valence-corrected chi connectivity index (χ1v) is 4.69. The van der Waals surface area contributed by atoms with Gasteiger partial charge in [-0.3, -0.25) is 4.79 Å². The van der Waals surface area contributed by atoms with Crippen molar-refractivity contribution in [3.05, 3.63) is 35.0 Å². The number of Topliss-reactive ketones (excluding diaryl/α,β-unsaturated/α-hetero) is 1. The van der Waals surface area contributed by atoms with Crippen molar-refractivity contribution in [3.8, 4) is 0 Å². The molecule has 2 aromatic rings. The number of benzene rings is 1. The van der Waals surface area contributed by atoms with Crippen LogP contribution in [0.3, 0.4) is 0 Å². The largest absolute Gasteiger partial charge is 0.352 e. The lowest BCUT2D eigenvalue weighted by molar-refractivity contribution is 0.101. The van der Waals surface area contributed by atoms with Crippen molar-refractivity contribution in [1.29, 1.82) is 0 Å². The Labute approximate surface area is 82.9 Å². The SMILES string of the molecule is CC(=O)c1cc2c(C)ccc(C)c2[nH]1. The third-order valence-corrected chi connectivity index (χ3v) is 2.60. The lowest BCUT2D eigenvalue weighted by atomic mass is 10.1. The first-order valence-electron chi connectivity index (χ1n) is 4.69. The average Bonchev–Trinajstić information content (AvgIpc) is 2.57. The number of rotatable bonds is 1. The summed E-state index contributed by atoms with van der Waals surface area (Å²) in [4.78, 5) is 14.4. The van der Waals surface area contributed by atoms with Gasteiger partial charge in [0.25, 0.3) is 0 Å². The Balaban J connectivity index is 2.82. The summed E-state index contributed by atoms with van der Waals surface area (Å²) in [5.74, 6) is 0.0833. The van der Waals surface area contributed by atoms with E-state index in [2.05, 4.69) is 24.0 Å². The van der Waals surface area contributed by atoms with Crippen molar-refractivity contribution >= 4 is 16.7 Å². The second-order valence-electron chi connectivity index (χ2n) is 3.73. The molecule has 2 nitrogen and oxygen atoms in total. The summed E-state index contributed by atoms with van der Waals surface area (Å²) >= 11 is 0. The van der Waals surface area contributed by atoms with E-state index in [-0.39, 0.29) is 5.78 Å². The van der Waals surface area contributed by atoms with Gasteiger partial charge in [-0.2, -0.15) is 0 Å². The molecule has 0 saturated heterocycles. The highest BCUT2D eigenvalue weighted by Crippen LogP contribution is 2.22. The van der Waals surface area contributed by atoms with Gasteiger partial charge in [-0.1, -0.05) is 12.1 Å². The number of hydrogen-bond acceptors (Lipinski definition) is 1. The van der Waals surface area contributed by atoms with E-state index in [1.807, 2.05) is 13.0 Å². The van der Waals surface area contributed by atoms with Crippen LogP contribution < -0.4 is 0 Å². The second-order valence-corrected chi connectivity index (χ2v) is 3.73. The lowest BCUT2D eigenvalue weighted by Gasteiger charge is -1.98. The van der Waals surface area contributed by atoms with E-state index in [1.54, 1.807) is 6.92 Å². The van der Waals surface area contributed by atoms with Crippen LogP contribution in [-0.2, 0) is 0 Å². The molecular weight excluding hydrogens is 174 g/mol. The fraction of sp³-hybridized carbons (Fsp3) is 0.250. The maximum Gasteiger partial charge on any atom is 0.175 e. The third-order valence-electron chi connectivity index (χ3n) is 2.60. The molecule has 0 spiro atoms. The molecule has 0 unspecified atom stereocenters. The van der Waals surface area contributed by atoms with Gasteiger partial charge < -0.3 is 4.98 Å². The molecule has 0 aliphatic heterocycles. The molecule has 2 rings (SSSR count). The van der Waals surface area contributed by atoms with Crippen LogP contribution >= 0.6 is 0 Å². The van der Waals surface area contributed by atoms with Gasteiger partial charge in [0.05, 0.1) is 5.69 Å². The normalized spacial score (nSPS) is 10.8. The van der Waals surface area contributed by atoms with Crippen molar-refractivity contribution < 1.29 is 4.79 Å². The van der Waals surface area contributed by atoms with Crippen LogP contribution in [0.25, 0.3) is 10.9 Å². The molecule has 1 aromatic heterocycles. The highest BCUT2D eigenvalue weighted by atomic mass is 16.1. The first-order chi connectivity index (χ1) is 6.59. The van der Waals surface area contributed by atoms with Crippen molar-refractivity contribution in [1.82, 2.24) is 4.98 Å². The summed E-state index contributed by atoms with van der Waals surface area (Å²) in [7, 11) is 0. The van der Waals surface area contributed by atoms with Crippen LogP contribution in [0.2, 0.25) is 0 Å². The van der Waals surface area contributed by atoms with Gasteiger partial charge in [0, 0.05) is 17.8 Å². The van der Waals surface area contributed by atoms with E-state index in [0.29, 0.717) is 5.69 Å². The maximum absolute atomic E-state index is 11.2. The summed E-state index contributed by atoms with van der Waals surface area (Å²) < 4.78 is 0. The molecule has 0 bridgehead atoms. The van der Waals surface area contributed by atoms with Gasteiger partial charge in [-0.05, 0) is 31.0 Å². The number of ketones is 1. The zero-order valence-corrected chi connectivity index (χ0v) is 8.64. The van der Waals surface area contributed by atoms with E-state index in [0.717, 1.165) is 10.9 Å². The molecule has 1 N–H and O–H groups in total. The molecule has 0 radical (unpaired) electrons. The molecule has 1 aromatic carbocycles. The number of H-pyrrole nitrogens is 1. The summed E-state index contributed by atoms with van der Waals surface area (Å²) in [6.45, 7) is 5.68. The number of hydrogen-bond donors (Lipinski definition) is 1. The minimum Gasteiger partial charge on any atom is -0.352 e. The minimum absolute atomic E-state index is 0.0833. The molecular formula is C12H13NO. The topological polar surface area (TPSA) is 32.9 Å². The Morgan fingerprint density at radius 2 is 1.86 bits per heavy atom. The molecule has 1 heterocycles. The molecule has 0 aliphatic rings. The predicted octanol–water partition coefficient (Wildman–Crippen LogP) is 2.99. The highest BCUT2D eigenvalue weighted by molar-refractivity contribution is 5.99. The average molecular weight is 187 g/mol. The number of aryl methyl sites for hydroxylation is 2. The monoisotopic (exact) mass is 187 g/mol. The van der Waals surface area contributed by atoms with Gasteiger partial charge in [0.15, 0.2) is 5.78 Å². The van der Waals surface area contributed by atoms with Crippen molar-refractivity contribution in [2.24, 2.45) is 0 Å². The second kappa shape index (κ2) is 2.98. The Morgan fingerprint density at radius 1 is 1.21 bits per heavy atom. The summed E-state index contributed by atoms with van der Waals surface area (Å²) in [6, 6.07) is 6.08. The molecule has 72 valence electrons. The summed E-state index contributed by atoms with van der Waals surface area (Å²) in [5.41, 5.74) is 4.15. The number of aromatic amines is 1. The number of nitrogens with one attached hydrogen (secondary N) is 1. The van der Waals surface area contributed by atoms with Crippen molar-refractivity contribution in [3.63, 3.8) is 0 Å².